The Balaban J connectivity index is 2.24. The molecule has 4 nitrogen and oxygen atoms in total. The number of hydrogen-bond donors (Lipinski definition) is 1. The van der Waals surface area contributed by atoms with Crippen LogP contribution in [0.2, 0.25) is 0 Å². The minimum Gasteiger partial charge on any atom is -0.326 e. The molecule has 0 saturated heterocycles. The lowest BCUT2D eigenvalue weighted by molar-refractivity contribution is 0.968. The van der Waals surface area contributed by atoms with Crippen LogP contribution in [-0.4, -0.2) is 14.5 Å². The summed E-state index contributed by atoms with van der Waals surface area (Å²) in [6, 6.07) is 8.30. The Morgan fingerprint density at radius 3 is 2.55 bits per heavy atom. The van der Waals surface area contributed by atoms with Crippen LogP contribution in [0.5, 0.6) is 0 Å². The number of imidazole rings is 1. The SMILES string of the molecule is Cc1cc(CN)cc(-n2cnc3cc(C)c(C)cc32)n1. The van der Waals surface area contributed by atoms with Crippen molar-refractivity contribution in [2.24, 2.45) is 5.73 Å². The third-order valence-corrected chi connectivity index (χ3v) is 3.64. The van der Waals surface area contributed by atoms with E-state index in [0.717, 1.165) is 28.1 Å². The molecule has 0 aliphatic heterocycles. The largest absolute Gasteiger partial charge is 0.326 e. The molecule has 3 rings (SSSR count). The van der Waals surface area contributed by atoms with E-state index in [0.29, 0.717) is 6.54 Å². The van der Waals surface area contributed by atoms with Crippen LogP contribution in [0.15, 0.2) is 30.6 Å². The van der Waals surface area contributed by atoms with E-state index in [1.165, 1.54) is 11.1 Å². The fourth-order valence-corrected chi connectivity index (χ4v) is 2.41. The van der Waals surface area contributed by atoms with Gasteiger partial charge in [0.1, 0.15) is 12.1 Å². The van der Waals surface area contributed by atoms with Crippen molar-refractivity contribution >= 4 is 11.0 Å². The lowest BCUT2D eigenvalue weighted by atomic mass is 10.1. The van der Waals surface area contributed by atoms with Crippen molar-refractivity contribution in [3.05, 3.63) is 53.0 Å². The summed E-state index contributed by atoms with van der Waals surface area (Å²) in [6.45, 7) is 6.71. The van der Waals surface area contributed by atoms with Gasteiger partial charge in [0.05, 0.1) is 11.0 Å². The number of aryl methyl sites for hydroxylation is 3. The predicted octanol–water partition coefficient (Wildman–Crippen LogP) is 2.80. The summed E-state index contributed by atoms with van der Waals surface area (Å²) >= 11 is 0. The second-order valence-electron chi connectivity index (χ2n) is 5.22. The zero-order valence-electron chi connectivity index (χ0n) is 12.0. The number of benzene rings is 1. The van der Waals surface area contributed by atoms with Gasteiger partial charge in [-0.25, -0.2) is 9.97 Å². The second kappa shape index (κ2) is 4.72. The Hall–Kier alpha value is -2.20. The van der Waals surface area contributed by atoms with E-state index in [2.05, 4.69) is 35.9 Å². The molecule has 0 radical (unpaired) electrons. The molecule has 0 amide bonds. The molecule has 0 spiro atoms. The number of pyridine rings is 1. The molecule has 20 heavy (non-hydrogen) atoms. The molecule has 0 saturated carbocycles. The van der Waals surface area contributed by atoms with Gasteiger partial charge in [-0.3, -0.25) is 4.57 Å². The Morgan fingerprint density at radius 1 is 1.05 bits per heavy atom. The molecule has 0 atom stereocenters. The molecular weight excluding hydrogens is 248 g/mol. The summed E-state index contributed by atoms with van der Waals surface area (Å²) < 4.78 is 2.02. The van der Waals surface area contributed by atoms with Crippen LogP contribution in [0.3, 0.4) is 0 Å². The highest BCUT2D eigenvalue weighted by Crippen LogP contribution is 2.21. The monoisotopic (exact) mass is 266 g/mol. The number of hydrogen-bond acceptors (Lipinski definition) is 3. The summed E-state index contributed by atoms with van der Waals surface area (Å²) in [6.07, 6.45) is 1.83. The van der Waals surface area contributed by atoms with Crippen LogP contribution in [0.1, 0.15) is 22.4 Å². The molecule has 2 aromatic heterocycles. The van der Waals surface area contributed by atoms with Gasteiger partial charge in [-0.15, -0.1) is 0 Å². The Morgan fingerprint density at radius 2 is 1.80 bits per heavy atom. The van der Waals surface area contributed by atoms with Crippen LogP contribution < -0.4 is 5.73 Å². The van der Waals surface area contributed by atoms with E-state index in [4.69, 9.17) is 5.73 Å². The molecular formula is C16H18N4. The first-order valence-electron chi connectivity index (χ1n) is 6.71. The summed E-state index contributed by atoms with van der Waals surface area (Å²) in [5.74, 6) is 0.871. The molecule has 1 aromatic carbocycles. The van der Waals surface area contributed by atoms with Crippen molar-refractivity contribution in [3.63, 3.8) is 0 Å². The van der Waals surface area contributed by atoms with Gasteiger partial charge in [0, 0.05) is 12.2 Å². The van der Waals surface area contributed by atoms with Crippen molar-refractivity contribution < 1.29 is 0 Å². The zero-order valence-corrected chi connectivity index (χ0v) is 12.0. The minimum absolute atomic E-state index is 0.515. The number of fused-ring (bicyclic) bond motifs is 1. The summed E-state index contributed by atoms with van der Waals surface area (Å²) in [5.41, 5.74) is 12.4. The van der Waals surface area contributed by atoms with Crippen LogP contribution >= 0.6 is 0 Å². The van der Waals surface area contributed by atoms with Gasteiger partial charge in [-0.1, -0.05) is 0 Å². The molecule has 0 bridgehead atoms. The van der Waals surface area contributed by atoms with Crippen LogP contribution in [0.25, 0.3) is 16.9 Å². The molecule has 0 aliphatic carbocycles. The highest BCUT2D eigenvalue weighted by atomic mass is 15.1. The maximum atomic E-state index is 5.74. The molecule has 4 heteroatoms. The van der Waals surface area contributed by atoms with Crippen LogP contribution in [-0.2, 0) is 6.54 Å². The molecule has 0 unspecified atom stereocenters. The normalized spacial score (nSPS) is 11.2. The first-order valence-corrected chi connectivity index (χ1v) is 6.71. The van der Waals surface area contributed by atoms with Gasteiger partial charge in [0.15, 0.2) is 0 Å². The number of nitrogens with two attached hydrogens (primary N) is 1. The maximum absolute atomic E-state index is 5.74. The van der Waals surface area contributed by atoms with Crippen LogP contribution in [0, 0.1) is 20.8 Å². The third kappa shape index (κ3) is 2.08. The topological polar surface area (TPSA) is 56.7 Å². The number of aromatic nitrogens is 3. The van der Waals surface area contributed by atoms with E-state index in [1.54, 1.807) is 0 Å². The fourth-order valence-electron chi connectivity index (χ4n) is 2.41. The lowest BCUT2D eigenvalue weighted by Crippen LogP contribution is -2.03. The molecule has 0 fully saturated rings. The summed E-state index contributed by atoms with van der Waals surface area (Å²) in [7, 11) is 0. The molecule has 0 aliphatic rings. The van der Waals surface area contributed by atoms with Gasteiger partial charge < -0.3 is 5.73 Å². The standard InChI is InChI=1S/C16H18N4/c1-10-4-14-15(5-11(10)2)20(9-18-14)16-7-13(8-17)6-12(3)19-16/h4-7,9H,8,17H2,1-3H3. The quantitative estimate of drug-likeness (QED) is 0.776. The first kappa shape index (κ1) is 12.8. The minimum atomic E-state index is 0.515. The molecule has 2 heterocycles. The Bertz CT molecular complexity index is 787. The molecule has 2 N–H and O–H groups in total. The average molecular weight is 266 g/mol. The van der Waals surface area contributed by atoms with Crippen LogP contribution in [0.4, 0.5) is 0 Å². The lowest BCUT2D eigenvalue weighted by Gasteiger charge is -2.08. The fraction of sp³-hybridized carbons (Fsp3) is 0.250. The average Bonchev–Trinajstić information content (AvgIpc) is 2.81. The highest BCUT2D eigenvalue weighted by Gasteiger charge is 2.08. The van der Waals surface area contributed by atoms with Gasteiger partial charge in [0.2, 0.25) is 0 Å². The van der Waals surface area contributed by atoms with E-state index in [-0.39, 0.29) is 0 Å². The van der Waals surface area contributed by atoms with E-state index in [1.807, 2.05) is 30.0 Å². The molecule has 3 aromatic rings. The molecule has 102 valence electrons. The van der Waals surface area contributed by atoms with E-state index in [9.17, 15) is 0 Å². The first-order chi connectivity index (χ1) is 9.58. The second-order valence-corrected chi connectivity index (χ2v) is 5.22. The van der Waals surface area contributed by atoms with Crippen molar-refractivity contribution in [1.29, 1.82) is 0 Å². The third-order valence-electron chi connectivity index (χ3n) is 3.64. The number of nitrogens with zero attached hydrogens (tertiary/aromatic N) is 3. The van der Waals surface area contributed by atoms with Gasteiger partial charge in [0.25, 0.3) is 0 Å². The van der Waals surface area contributed by atoms with Crippen molar-refractivity contribution in [2.45, 2.75) is 27.3 Å². The van der Waals surface area contributed by atoms with Crippen molar-refractivity contribution in [1.82, 2.24) is 14.5 Å². The highest BCUT2D eigenvalue weighted by molar-refractivity contribution is 5.79. The summed E-state index contributed by atoms with van der Waals surface area (Å²) in [5, 5.41) is 0. The zero-order chi connectivity index (χ0) is 14.3. The van der Waals surface area contributed by atoms with Crippen molar-refractivity contribution in [2.75, 3.05) is 0 Å². The summed E-state index contributed by atoms with van der Waals surface area (Å²) in [4.78, 5) is 9.07. The van der Waals surface area contributed by atoms with Gasteiger partial charge in [-0.05, 0) is 61.7 Å². The van der Waals surface area contributed by atoms with Gasteiger partial charge >= 0.3 is 0 Å². The van der Waals surface area contributed by atoms with E-state index >= 15 is 0 Å². The van der Waals surface area contributed by atoms with E-state index < -0.39 is 0 Å². The Labute approximate surface area is 118 Å². The smallest absolute Gasteiger partial charge is 0.138 e. The van der Waals surface area contributed by atoms with Gasteiger partial charge in [-0.2, -0.15) is 0 Å². The predicted molar refractivity (Wildman–Crippen MR) is 81.0 cm³/mol. The number of rotatable bonds is 2. The Kier molecular flexibility index (Phi) is 3.03. The maximum Gasteiger partial charge on any atom is 0.138 e. The van der Waals surface area contributed by atoms with Crippen molar-refractivity contribution in [3.8, 4) is 5.82 Å².